The van der Waals surface area contributed by atoms with Crippen molar-refractivity contribution in [2.45, 2.75) is 180 Å². The minimum absolute atomic E-state index is 0.0161. The van der Waals surface area contributed by atoms with Crippen LogP contribution in [0.5, 0.6) is 0 Å². The summed E-state index contributed by atoms with van der Waals surface area (Å²) in [5, 5.41) is 26.9. The zero-order valence-corrected chi connectivity index (χ0v) is 44.1. The largest absolute Gasteiger partial charge is 0.460 e. The van der Waals surface area contributed by atoms with Crippen LogP contribution in [0.3, 0.4) is 0 Å². The second kappa shape index (κ2) is 27.5. The first kappa shape index (κ1) is 58.3. The zero-order chi connectivity index (χ0) is 51.2. The molecule has 16 heteroatoms. The van der Waals surface area contributed by atoms with E-state index in [4.69, 9.17) is 23.7 Å². The van der Waals surface area contributed by atoms with Gasteiger partial charge in [-0.05, 0) is 107 Å². The molecule has 1 aliphatic carbocycles. The molecular weight excluding hydrogens is 904 g/mol. The highest BCUT2D eigenvalue weighted by Gasteiger charge is 2.53. The van der Waals surface area contributed by atoms with Crippen LogP contribution in [-0.2, 0) is 52.2 Å². The van der Waals surface area contributed by atoms with Crippen LogP contribution >= 0.6 is 7.80 Å². The summed E-state index contributed by atoms with van der Waals surface area (Å²) in [6.45, 7) is 14.5. The van der Waals surface area contributed by atoms with Crippen molar-refractivity contribution in [1.82, 2.24) is 10.2 Å². The number of nitrogens with zero attached hydrogens (tertiary/aromatic N) is 1. The van der Waals surface area contributed by atoms with Gasteiger partial charge in [0.15, 0.2) is 12.1 Å². The van der Waals surface area contributed by atoms with Gasteiger partial charge < -0.3 is 38.8 Å². The van der Waals surface area contributed by atoms with Crippen LogP contribution in [0, 0.1) is 35.5 Å². The Hall–Kier alpha value is -3.27. The molecular formula is C53H84N2O13P+. The highest BCUT2D eigenvalue weighted by Crippen LogP contribution is 2.38. The average molecular weight is 988 g/mol. The van der Waals surface area contributed by atoms with Gasteiger partial charge in [-0.15, -0.1) is 0 Å². The van der Waals surface area contributed by atoms with E-state index in [1.54, 1.807) is 47.7 Å². The van der Waals surface area contributed by atoms with Gasteiger partial charge >= 0.3 is 13.8 Å². The van der Waals surface area contributed by atoms with Gasteiger partial charge in [0.05, 0.1) is 18.3 Å². The Morgan fingerprint density at radius 3 is 2.29 bits per heavy atom. The van der Waals surface area contributed by atoms with Crippen molar-refractivity contribution < 1.29 is 62.4 Å². The minimum atomic E-state index is -2.43. The molecule has 0 radical (unpaired) electrons. The van der Waals surface area contributed by atoms with Crippen molar-refractivity contribution in [1.29, 1.82) is 0 Å². The predicted molar refractivity (Wildman–Crippen MR) is 264 cm³/mol. The standard InChI is InChI=1S/C53H84N2O13P/c1-32-17-13-12-14-18-33(2)44(64-8)29-40-22-20-38(7)53(62,68-40)50(59)51(60)55-24-16-15-19-42(55)52(61)67-45(35(4)27-39-21-23-41(46(28-39)65-9)54-31-69(11)63)30-43(56)34(3)26-37(6)48(58)49(66-10)47(57)36(5)25-32/h12-14,17-18,26,32,34-36,38-42,44-46,48-49,54,58,62H,15-16,19-25,27-31H2,1-11H3/q+1/b14-12?,17-13+,33-18?,37-26+/t32-,34-,35-,36-,38-,39+,40?,41?,42?,44+,45+,46-,48-,49+,53-/m1/s1. The van der Waals surface area contributed by atoms with Crippen molar-refractivity contribution in [3.63, 3.8) is 0 Å². The van der Waals surface area contributed by atoms with Crippen molar-refractivity contribution in [2.75, 3.05) is 40.8 Å². The summed E-state index contributed by atoms with van der Waals surface area (Å²) in [4.78, 5) is 72.3. The third kappa shape index (κ3) is 16.1. The summed E-state index contributed by atoms with van der Waals surface area (Å²) in [6, 6.07) is -1.11. The molecule has 0 aromatic rings. The Morgan fingerprint density at radius 1 is 0.899 bits per heavy atom. The van der Waals surface area contributed by atoms with Gasteiger partial charge in [-0.25, -0.2) is 4.79 Å². The highest BCUT2D eigenvalue weighted by atomic mass is 31.1. The first-order valence-electron chi connectivity index (χ1n) is 25.3. The number of fused-ring (bicyclic) bond motifs is 3. The predicted octanol–water partition coefficient (Wildman–Crippen LogP) is 7.19. The van der Waals surface area contributed by atoms with Crippen LogP contribution in [0.2, 0.25) is 0 Å². The lowest BCUT2D eigenvalue weighted by Crippen LogP contribution is -2.61. The molecule has 3 aliphatic heterocycles. The number of cyclic esters (lactones) is 1. The molecule has 3 fully saturated rings. The van der Waals surface area contributed by atoms with E-state index in [0.717, 1.165) is 18.4 Å². The Morgan fingerprint density at radius 2 is 1.62 bits per heavy atom. The number of rotatable bonds is 9. The lowest BCUT2D eigenvalue weighted by atomic mass is 9.77. The van der Waals surface area contributed by atoms with Crippen molar-refractivity contribution in [2.24, 2.45) is 35.5 Å². The molecule has 388 valence electrons. The normalized spacial score (nSPS) is 37.8. The van der Waals surface area contributed by atoms with Gasteiger partial charge in [-0.2, -0.15) is 0 Å². The van der Waals surface area contributed by atoms with Crippen LogP contribution < -0.4 is 5.32 Å². The Labute approximate surface area is 412 Å². The zero-order valence-electron chi connectivity index (χ0n) is 43.2. The van der Waals surface area contributed by atoms with Crippen LogP contribution in [0.25, 0.3) is 0 Å². The smallest absolute Gasteiger partial charge is 0.350 e. The fourth-order valence-electron chi connectivity index (χ4n) is 10.6. The van der Waals surface area contributed by atoms with E-state index in [1.807, 2.05) is 58.1 Å². The number of aliphatic hydroxyl groups excluding tert-OH is 1. The number of carbonyl (C=O) groups is 5. The molecule has 3 N–H and O–H groups in total. The Bertz CT molecular complexity index is 1900. The van der Waals surface area contributed by atoms with Gasteiger partial charge in [0.1, 0.15) is 36.8 Å². The van der Waals surface area contributed by atoms with Crippen molar-refractivity contribution >= 4 is 37.0 Å². The minimum Gasteiger partial charge on any atom is -0.460 e. The Kier molecular flexibility index (Phi) is 23.3. The maximum Gasteiger partial charge on any atom is 0.350 e. The van der Waals surface area contributed by atoms with E-state index < -0.39 is 85.6 Å². The molecule has 69 heavy (non-hydrogen) atoms. The molecule has 2 saturated heterocycles. The topological polar surface area (TPSA) is 204 Å². The lowest BCUT2D eigenvalue weighted by molar-refractivity contribution is -0.265. The summed E-state index contributed by atoms with van der Waals surface area (Å²) >= 11 is 0. The Balaban J connectivity index is 1.70. The maximum atomic E-state index is 14.5. The van der Waals surface area contributed by atoms with Crippen LogP contribution in [0.1, 0.15) is 126 Å². The molecule has 0 aromatic carbocycles. The van der Waals surface area contributed by atoms with E-state index in [2.05, 4.69) is 5.32 Å². The second-order valence-electron chi connectivity index (χ2n) is 20.6. The molecule has 15 nitrogen and oxygen atoms in total. The number of allylic oxidation sites excluding steroid dienone is 6. The van der Waals surface area contributed by atoms with Gasteiger partial charge in [0, 0.05) is 64.5 Å². The lowest BCUT2D eigenvalue weighted by Gasteiger charge is -2.42. The number of nitrogens with one attached hydrogen (secondary N) is 1. The van der Waals surface area contributed by atoms with Crippen molar-refractivity contribution in [3.05, 3.63) is 47.6 Å². The van der Waals surface area contributed by atoms with E-state index in [-0.39, 0.29) is 60.9 Å². The monoisotopic (exact) mass is 988 g/mol. The fraction of sp³-hybridized carbons (Fsp3) is 0.755. The fourth-order valence-corrected chi connectivity index (χ4v) is 11.1. The number of ketones is 3. The SMILES string of the molecule is CO[C@H]1CC2CC[C@@H](C)[C@@](O)(O2)C(=O)C(=O)N2CCCCC2C(=O)O[C@H]([C@H](C)C[C@@H]2CCC(NC[P+](C)=O)[C@H](OC)C2)CC(=O)[C@H](C)/C=C(\C)[C@@H](O)[C@@H](OC)C(=O)[C@H](C)C[C@H](C)/C=C/C=CC=C1C. The maximum absolute atomic E-state index is 14.5. The van der Waals surface area contributed by atoms with E-state index >= 15 is 0 Å². The van der Waals surface area contributed by atoms with E-state index in [9.17, 15) is 38.8 Å². The van der Waals surface area contributed by atoms with Crippen LogP contribution in [0.15, 0.2) is 47.6 Å². The number of ether oxygens (including phenoxy) is 5. The number of amides is 1. The summed E-state index contributed by atoms with van der Waals surface area (Å²) < 4.78 is 41.7. The summed E-state index contributed by atoms with van der Waals surface area (Å²) in [5.41, 5.74) is 1.27. The van der Waals surface area contributed by atoms with Crippen molar-refractivity contribution in [3.8, 4) is 0 Å². The summed E-state index contributed by atoms with van der Waals surface area (Å²) in [7, 11) is 3.25. The van der Waals surface area contributed by atoms with Crippen LogP contribution in [-0.4, -0.2) is 140 Å². The van der Waals surface area contributed by atoms with E-state index in [1.165, 1.54) is 12.0 Å². The molecule has 3 heterocycles. The number of hydrogen-bond donors (Lipinski definition) is 3. The number of aliphatic hydroxyl groups is 2. The number of piperidine rings is 1. The molecule has 2 bridgehead atoms. The van der Waals surface area contributed by atoms with Gasteiger partial charge in [0.2, 0.25) is 5.79 Å². The first-order valence-corrected chi connectivity index (χ1v) is 27.1. The molecule has 16 atom stereocenters. The average Bonchev–Trinajstić information content (AvgIpc) is 3.32. The third-order valence-electron chi connectivity index (χ3n) is 15.1. The third-order valence-corrected chi connectivity index (χ3v) is 15.7. The quantitative estimate of drug-likeness (QED) is 0.0906. The second-order valence-corrected chi connectivity index (χ2v) is 22.2. The molecule has 1 saturated carbocycles. The molecule has 1 amide bonds. The van der Waals surface area contributed by atoms with Gasteiger partial charge in [-0.1, -0.05) is 75.6 Å². The van der Waals surface area contributed by atoms with Crippen LogP contribution in [0.4, 0.5) is 0 Å². The van der Waals surface area contributed by atoms with Gasteiger partial charge in [-0.3, -0.25) is 24.5 Å². The molecule has 4 aliphatic rings. The molecule has 4 rings (SSSR count). The number of carbonyl (C=O) groups excluding carboxylic acids is 5. The number of hydrogen-bond acceptors (Lipinski definition) is 14. The molecule has 0 aromatic heterocycles. The first-order chi connectivity index (χ1) is 32.6. The molecule has 4 unspecified atom stereocenters. The summed E-state index contributed by atoms with van der Waals surface area (Å²) in [5.74, 6) is -7.91. The number of esters is 1. The number of Topliss-reactive ketones (excluding diaryl/α,β-unsaturated/α-hetero) is 3. The summed E-state index contributed by atoms with van der Waals surface area (Å²) in [6.07, 6.45) is 12.9. The van der Waals surface area contributed by atoms with E-state index in [0.29, 0.717) is 63.2 Å². The number of methoxy groups -OCH3 is 3. The van der Waals surface area contributed by atoms with Gasteiger partial charge in [0.25, 0.3) is 11.7 Å². The highest BCUT2D eigenvalue weighted by molar-refractivity contribution is 7.43. The molecule has 0 spiro atoms.